The zero-order valence-electron chi connectivity index (χ0n) is 12.8. The molecule has 0 unspecified atom stereocenters. The van der Waals surface area contributed by atoms with Crippen molar-refractivity contribution >= 4 is 16.8 Å². The van der Waals surface area contributed by atoms with Gasteiger partial charge in [-0.05, 0) is 31.4 Å². The lowest BCUT2D eigenvalue weighted by molar-refractivity contribution is -0.142. The van der Waals surface area contributed by atoms with Crippen molar-refractivity contribution < 1.29 is 9.53 Å². The number of rotatable bonds is 2. The highest BCUT2D eigenvalue weighted by molar-refractivity contribution is 5.82. The minimum absolute atomic E-state index is 0.0246. The molecule has 0 aliphatic carbocycles. The Kier molecular flexibility index (Phi) is 3.98. The van der Waals surface area contributed by atoms with Gasteiger partial charge in [0.25, 0.3) is 5.56 Å². The molecular formula is C17H20N2O3. The molecule has 0 bridgehead atoms. The number of nitrogens with one attached hydrogen (secondary N) is 1. The first kappa shape index (κ1) is 14.8. The van der Waals surface area contributed by atoms with Crippen molar-refractivity contribution in [1.82, 2.24) is 9.88 Å². The predicted octanol–water partition coefficient (Wildman–Crippen LogP) is 1.71. The van der Waals surface area contributed by atoms with Gasteiger partial charge in [0.1, 0.15) is 0 Å². The van der Waals surface area contributed by atoms with Crippen molar-refractivity contribution in [3.05, 3.63) is 46.2 Å². The third kappa shape index (κ3) is 2.90. The summed E-state index contributed by atoms with van der Waals surface area (Å²) in [6.45, 7) is 5.04. The number of aromatic nitrogens is 1. The van der Waals surface area contributed by atoms with Crippen LogP contribution in [0.3, 0.4) is 0 Å². The van der Waals surface area contributed by atoms with Crippen molar-refractivity contribution in [2.45, 2.75) is 32.4 Å². The van der Waals surface area contributed by atoms with E-state index in [4.69, 9.17) is 4.74 Å². The molecule has 116 valence electrons. The maximum absolute atomic E-state index is 12.5. The number of para-hydroxylation sites is 1. The van der Waals surface area contributed by atoms with Gasteiger partial charge in [-0.1, -0.05) is 18.2 Å². The van der Waals surface area contributed by atoms with E-state index in [0.717, 1.165) is 10.9 Å². The van der Waals surface area contributed by atoms with E-state index in [-0.39, 0.29) is 30.0 Å². The van der Waals surface area contributed by atoms with E-state index in [9.17, 15) is 9.59 Å². The van der Waals surface area contributed by atoms with Gasteiger partial charge < -0.3 is 14.6 Å². The van der Waals surface area contributed by atoms with Gasteiger partial charge in [0.2, 0.25) is 5.91 Å². The maximum Gasteiger partial charge on any atom is 0.252 e. The third-order valence-electron chi connectivity index (χ3n) is 4.10. The summed E-state index contributed by atoms with van der Waals surface area (Å²) >= 11 is 0. The van der Waals surface area contributed by atoms with Gasteiger partial charge >= 0.3 is 0 Å². The molecule has 2 atom stereocenters. The quantitative estimate of drug-likeness (QED) is 0.918. The molecular weight excluding hydrogens is 280 g/mol. The van der Waals surface area contributed by atoms with Gasteiger partial charge in [0.15, 0.2) is 0 Å². The number of hydrogen-bond donors (Lipinski definition) is 1. The summed E-state index contributed by atoms with van der Waals surface area (Å²) < 4.78 is 5.54. The van der Waals surface area contributed by atoms with Crippen LogP contribution in [0.5, 0.6) is 0 Å². The van der Waals surface area contributed by atoms with Crippen molar-refractivity contribution in [1.29, 1.82) is 0 Å². The summed E-state index contributed by atoms with van der Waals surface area (Å²) in [7, 11) is 0. The highest BCUT2D eigenvalue weighted by atomic mass is 16.5. The van der Waals surface area contributed by atoms with Crippen LogP contribution < -0.4 is 5.56 Å². The number of ether oxygens (including phenoxy) is 1. The molecule has 5 nitrogen and oxygen atoms in total. The van der Waals surface area contributed by atoms with Crippen LogP contribution in [0.15, 0.2) is 35.1 Å². The summed E-state index contributed by atoms with van der Waals surface area (Å²) in [5, 5.41) is 0.938. The summed E-state index contributed by atoms with van der Waals surface area (Å²) in [5.74, 6) is -0.0246. The maximum atomic E-state index is 12.5. The molecule has 1 aliphatic heterocycles. The van der Waals surface area contributed by atoms with E-state index in [0.29, 0.717) is 18.7 Å². The number of fused-ring (bicyclic) bond motifs is 1. The van der Waals surface area contributed by atoms with E-state index in [1.54, 1.807) is 6.07 Å². The number of pyridine rings is 1. The minimum atomic E-state index is -0.194. The molecule has 1 saturated heterocycles. The van der Waals surface area contributed by atoms with Gasteiger partial charge in [-0.3, -0.25) is 9.59 Å². The van der Waals surface area contributed by atoms with E-state index in [1.807, 2.05) is 43.0 Å². The molecule has 1 N–H and O–H groups in total. The van der Waals surface area contributed by atoms with Gasteiger partial charge in [0, 0.05) is 17.6 Å². The Morgan fingerprint density at radius 2 is 2.14 bits per heavy atom. The van der Waals surface area contributed by atoms with E-state index < -0.39 is 0 Å². The zero-order chi connectivity index (χ0) is 15.7. The first-order valence-corrected chi connectivity index (χ1v) is 7.56. The summed E-state index contributed by atoms with van der Waals surface area (Å²) in [6.07, 6.45) is 0.159. The van der Waals surface area contributed by atoms with Crippen molar-refractivity contribution in [3.8, 4) is 0 Å². The molecule has 0 saturated carbocycles. The fourth-order valence-corrected chi connectivity index (χ4v) is 2.84. The molecule has 5 heteroatoms. The molecule has 2 aromatic rings. The summed E-state index contributed by atoms with van der Waals surface area (Å²) in [6, 6.07) is 9.42. The second-order valence-corrected chi connectivity index (χ2v) is 5.93. The SMILES string of the molecule is C[C@@H]1CN(C(=O)Cc2cc3ccccc3[nH]c2=O)[C@@H](C)CO1. The fourth-order valence-electron chi connectivity index (χ4n) is 2.84. The average Bonchev–Trinajstić information content (AvgIpc) is 2.50. The molecule has 0 spiro atoms. The molecule has 0 radical (unpaired) electrons. The van der Waals surface area contributed by atoms with Gasteiger partial charge in [-0.25, -0.2) is 0 Å². The number of carbonyl (C=O) groups excluding carboxylic acids is 1. The second kappa shape index (κ2) is 5.93. The average molecular weight is 300 g/mol. The second-order valence-electron chi connectivity index (χ2n) is 5.93. The van der Waals surface area contributed by atoms with E-state index in [2.05, 4.69) is 4.98 Å². The Bertz CT molecular complexity index is 753. The molecule has 1 aromatic carbocycles. The number of aromatic amines is 1. The fraction of sp³-hybridized carbons (Fsp3) is 0.412. The number of benzene rings is 1. The van der Waals surface area contributed by atoms with Gasteiger partial charge in [-0.15, -0.1) is 0 Å². The van der Waals surface area contributed by atoms with E-state index in [1.165, 1.54) is 0 Å². The van der Waals surface area contributed by atoms with Crippen molar-refractivity contribution in [2.75, 3.05) is 13.2 Å². The molecule has 1 aromatic heterocycles. The Morgan fingerprint density at radius 3 is 2.95 bits per heavy atom. The first-order chi connectivity index (χ1) is 10.5. The number of carbonyl (C=O) groups is 1. The molecule has 1 amide bonds. The summed E-state index contributed by atoms with van der Waals surface area (Å²) in [5.41, 5.74) is 1.10. The normalized spacial score (nSPS) is 22.0. The lowest BCUT2D eigenvalue weighted by atomic mass is 10.1. The highest BCUT2D eigenvalue weighted by Crippen LogP contribution is 2.15. The topological polar surface area (TPSA) is 62.4 Å². The first-order valence-electron chi connectivity index (χ1n) is 7.56. The molecule has 22 heavy (non-hydrogen) atoms. The standard InChI is InChI=1S/C17H20N2O3/c1-11-10-22-12(2)9-19(11)16(20)8-14-7-13-5-3-4-6-15(13)18-17(14)21/h3-7,11-12H,8-10H2,1-2H3,(H,18,21)/t11-,12+/m0/s1. The summed E-state index contributed by atoms with van der Waals surface area (Å²) in [4.78, 5) is 29.3. The largest absolute Gasteiger partial charge is 0.375 e. The van der Waals surface area contributed by atoms with Crippen molar-refractivity contribution in [3.63, 3.8) is 0 Å². The highest BCUT2D eigenvalue weighted by Gasteiger charge is 2.27. The molecule has 1 aliphatic rings. The Labute approximate surface area is 128 Å². The van der Waals surface area contributed by atoms with Gasteiger partial charge in [0.05, 0.1) is 25.2 Å². The Morgan fingerprint density at radius 1 is 1.36 bits per heavy atom. The van der Waals surface area contributed by atoms with E-state index >= 15 is 0 Å². The van der Waals surface area contributed by atoms with Crippen LogP contribution in [0.4, 0.5) is 0 Å². The number of nitrogens with zero attached hydrogens (tertiary/aromatic N) is 1. The van der Waals surface area contributed by atoms with Crippen LogP contribution in [0.2, 0.25) is 0 Å². The number of amides is 1. The minimum Gasteiger partial charge on any atom is -0.375 e. The lowest BCUT2D eigenvalue weighted by Crippen LogP contribution is -2.50. The van der Waals surface area contributed by atoms with Crippen LogP contribution >= 0.6 is 0 Å². The third-order valence-corrected chi connectivity index (χ3v) is 4.10. The lowest BCUT2D eigenvalue weighted by Gasteiger charge is -2.36. The zero-order valence-corrected chi connectivity index (χ0v) is 12.8. The molecule has 2 heterocycles. The number of hydrogen-bond acceptors (Lipinski definition) is 3. The van der Waals surface area contributed by atoms with Crippen LogP contribution in [0.1, 0.15) is 19.4 Å². The van der Waals surface area contributed by atoms with Gasteiger partial charge in [-0.2, -0.15) is 0 Å². The molecule has 3 rings (SSSR count). The Hall–Kier alpha value is -2.14. The van der Waals surface area contributed by atoms with Crippen LogP contribution in [0.25, 0.3) is 10.9 Å². The Balaban J connectivity index is 1.84. The van der Waals surface area contributed by atoms with Crippen molar-refractivity contribution in [2.24, 2.45) is 0 Å². The van der Waals surface area contributed by atoms with Crippen LogP contribution in [-0.4, -0.2) is 41.1 Å². The number of H-pyrrole nitrogens is 1. The monoisotopic (exact) mass is 300 g/mol. The van der Waals surface area contributed by atoms with Crippen LogP contribution in [-0.2, 0) is 16.0 Å². The number of morpholine rings is 1. The van der Waals surface area contributed by atoms with Crippen LogP contribution in [0, 0.1) is 0 Å². The predicted molar refractivity (Wildman–Crippen MR) is 84.9 cm³/mol. The molecule has 1 fully saturated rings. The smallest absolute Gasteiger partial charge is 0.252 e.